The van der Waals surface area contributed by atoms with Gasteiger partial charge >= 0.3 is 0 Å². The lowest BCUT2D eigenvalue weighted by Gasteiger charge is -2.18. The van der Waals surface area contributed by atoms with Crippen LogP contribution >= 0.6 is 0 Å². The van der Waals surface area contributed by atoms with Gasteiger partial charge in [-0.05, 0) is 55.7 Å². The molecule has 31 heavy (non-hydrogen) atoms. The Morgan fingerprint density at radius 3 is 2.32 bits per heavy atom. The number of Topliss-reactive ketones (excluding diaryl/α,β-unsaturated/α-hetero) is 1. The molecule has 0 aliphatic heterocycles. The minimum atomic E-state index is 0.201. The summed E-state index contributed by atoms with van der Waals surface area (Å²) in [6, 6.07) is 13.7. The van der Waals surface area contributed by atoms with Crippen LogP contribution in [0.15, 0.2) is 65.8 Å². The Morgan fingerprint density at radius 1 is 0.935 bits per heavy atom. The first kappa shape index (κ1) is 22.7. The Labute approximate surface area is 185 Å². The maximum Gasteiger partial charge on any atom is 0.137 e. The molecule has 0 saturated heterocycles. The molecule has 1 aliphatic carbocycles. The predicted molar refractivity (Wildman–Crippen MR) is 124 cm³/mol. The average molecular weight is 421 g/mol. The molecule has 0 bridgehead atoms. The molecule has 0 radical (unpaired) electrons. The van der Waals surface area contributed by atoms with Gasteiger partial charge < -0.3 is 14.2 Å². The van der Waals surface area contributed by atoms with E-state index in [0.29, 0.717) is 25.4 Å². The summed E-state index contributed by atoms with van der Waals surface area (Å²) in [7, 11) is 3.24. The molecular weight excluding hydrogens is 388 g/mol. The number of carbonyl (C=O) groups excluding carboxylic acids is 1. The van der Waals surface area contributed by atoms with Crippen molar-refractivity contribution in [1.29, 1.82) is 0 Å². The topological polar surface area (TPSA) is 44.8 Å². The lowest BCUT2D eigenvalue weighted by Crippen LogP contribution is -2.12. The molecule has 0 spiro atoms. The average Bonchev–Trinajstić information content (AvgIpc) is 3.19. The first-order chi connectivity index (χ1) is 15.0. The summed E-state index contributed by atoms with van der Waals surface area (Å²) in [6.45, 7) is 4.83. The zero-order valence-corrected chi connectivity index (χ0v) is 18.9. The van der Waals surface area contributed by atoms with Crippen LogP contribution in [-0.2, 0) is 11.2 Å². The van der Waals surface area contributed by atoms with Crippen molar-refractivity contribution in [2.45, 2.75) is 39.5 Å². The molecule has 1 aliphatic rings. The molecule has 4 heteroatoms. The summed E-state index contributed by atoms with van der Waals surface area (Å²) in [4.78, 5) is 12.7. The van der Waals surface area contributed by atoms with Gasteiger partial charge in [0.2, 0.25) is 0 Å². The molecule has 0 saturated carbocycles. The monoisotopic (exact) mass is 420 g/mol. The largest absolute Gasteiger partial charge is 0.497 e. The van der Waals surface area contributed by atoms with Gasteiger partial charge in [0, 0.05) is 24.3 Å². The first-order valence-corrected chi connectivity index (χ1v) is 10.9. The molecule has 3 rings (SSSR count). The lowest BCUT2D eigenvalue weighted by molar-refractivity contribution is -0.118. The number of benzene rings is 2. The number of methoxy groups -OCH3 is 2. The van der Waals surface area contributed by atoms with Gasteiger partial charge in [0.05, 0.1) is 14.2 Å². The second-order valence-corrected chi connectivity index (χ2v) is 7.94. The summed E-state index contributed by atoms with van der Waals surface area (Å²) in [6.07, 6.45) is 6.97. The third kappa shape index (κ3) is 6.00. The van der Waals surface area contributed by atoms with Gasteiger partial charge in [-0.1, -0.05) is 42.3 Å². The van der Waals surface area contributed by atoms with E-state index in [2.05, 4.69) is 38.1 Å². The summed E-state index contributed by atoms with van der Waals surface area (Å²) in [5.41, 5.74) is 4.68. The Balaban J connectivity index is 1.52. The number of rotatable bonds is 11. The zero-order valence-electron chi connectivity index (χ0n) is 18.9. The highest BCUT2D eigenvalue weighted by atomic mass is 16.5. The smallest absolute Gasteiger partial charge is 0.137 e. The maximum absolute atomic E-state index is 12.7. The number of hydrogen-bond acceptors (Lipinski definition) is 4. The summed E-state index contributed by atoms with van der Waals surface area (Å²) in [5.74, 6) is 2.89. The SMILES string of the molecule is CCC1C(CCC(=O)Cc2cc(OC)ccc2OC)=CC=C1COc1ccc(C)cc1. The third-order valence-corrected chi connectivity index (χ3v) is 5.81. The molecule has 1 unspecified atom stereocenters. The number of ether oxygens (including phenoxy) is 3. The van der Waals surface area contributed by atoms with Crippen LogP contribution in [0.25, 0.3) is 0 Å². The maximum atomic E-state index is 12.7. The molecule has 0 aromatic heterocycles. The molecule has 2 aromatic rings. The van der Waals surface area contributed by atoms with Crippen LogP contribution in [0.2, 0.25) is 0 Å². The van der Waals surface area contributed by atoms with E-state index in [4.69, 9.17) is 14.2 Å². The van der Waals surface area contributed by atoms with E-state index in [1.54, 1.807) is 14.2 Å². The van der Waals surface area contributed by atoms with Crippen LogP contribution in [0, 0.1) is 12.8 Å². The second-order valence-electron chi connectivity index (χ2n) is 7.94. The summed E-state index contributed by atoms with van der Waals surface area (Å²) < 4.78 is 16.7. The fourth-order valence-corrected chi connectivity index (χ4v) is 4.02. The van der Waals surface area contributed by atoms with Gasteiger partial charge in [0.25, 0.3) is 0 Å². The van der Waals surface area contributed by atoms with Crippen LogP contribution in [0.4, 0.5) is 0 Å². The van der Waals surface area contributed by atoms with E-state index in [1.165, 1.54) is 16.7 Å². The Hall–Kier alpha value is -3.01. The van der Waals surface area contributed by atoms with Gasteiger partial charge in [-0.15, -0.1) is 0 Å². The van der Waals surface area contributed by atoms with E-state index in [0.717, 1.165) is 35.7 Å². The van der Waals surface area contributed by atoms with Crippen molar-refractivity contribution in [3.05, 3.63) is 76.9 Å². The van der Waals surface area contributed by atoms with Gasteiger partial charge in [-0.2, -0.15) is 0 Å². The normalized spacial score (nSPS) is 15.3. The molecule has 0 N–H and O–H groups in total. The van der Waals surface area contributed by atoms with Crippen molar-refractivity contribution in [1.82, 2.24) is 0 Å². The molecule has 0 heterocycles. The van der Waals surface area contributed by atoms with Gasteiger partial charge in [-0.25, -0.2) is 0 Å². The number of aryl methyl sites for hydroxylation is 1. The minimum Gasteiger partial charge on any atom is -0.497 e. The Bertz CT molecular complexity index is 954. The highest BCUT2D eigenvalue weighted by Crippen LogP contribution is 2.33. The van der Waals surface area contributed by atoms with Crippen LogP contribution in [0.3, 0.4) is 0 Å². The van der Waals surface area contributed by atoms with Crippen LogP contribution in [0.1, 0.15) is 37.3 Å². The Morgan fingerprint density at radius 2 is 1.65 bits per heavy atom. The van der Waals surface area contributed by atoms with E-state index in [-0.39, 0.29) is 5.78 Å². The fraction of sp³-hybridized carbons (Fsp3) is 0.370. The molecule has 4 nitrogen and oxygen atoms in total. The molecular formula is C27H32O4. The number of allylic oxidation sites excluding steroid dienone is 3. The number of carbonyl (C=O) groups is 1. The van der Waals surface area contributed by atoms with Crippen molar-refractivity contribution in [3.63, 3.8) is 0 Å². The van der Waals surface area contributed by atoms with E-state index in [9.17, 15) is 4.79 Å². The van der Waals surface area contributed by atoms with E-state index in [1.807, 2.05) is 30.3 Å². The molecule has 1 atom stereocenters. The van der Waals surface area contributed by atoms with Crippen molar-refractivity contribution in [2.24, 2.45) is 5.92 Å². The first-order valence-electron chi connectivity index (χ1n) is 10.9. The molecule has 164 valence electrons. The van der Waals surface area contributed by atoms with Crippen molar-refractivity contribution in [3.8, 4) is 17.2 Å². The minimum absolute atomic E-state index is 0.201. The number of hydrogen-bond donors (Lipinski definition) is 0. The predicted octanol–water partition coefficient (Wildman–Crippen LogP) is 5.88. The highest BCUT2D eigenvalue weighted by Gasteiger charge is 2.22. The second kappa shape index (κ2) is 10.9. The Kier molecular flexibility index (Phi) is 7.94. The summed E-state index contributed by atoms with van der Waals surface area (Å²) >= 11 is 0. The number of ketones is 1. The molecule has 2 aromatic carbocycles. The van der Waals surface area contributed by atoms with E-state index < -0.39 is 0 Å². The van der Waals surface area contributed by atoms with Gasteiger partial charge in [0.15, 0.2) is 0 Å². The van der Waals surface area contributed by atoms with Crippen LogP contribution in [0.5, 0.6) is 17.2 Å². The van der Waals surface area contributed by atoms with Crippen molar-refractivity contribution in [2.75, 3.05) is 20.8 Å². The van der Waals surface area contributed by atoms with Crippen molar-refractivity contribution >= 4 is 5.78 Å². The summed E-state index contributed by atoms with van der Waals surface area (Å²) in [5, 5.41) is 0. The van der Waals surface area contributed by atoms with Crippen LogP contribution in [-0.4, -0.2) is 26.6 Å². The third-order valence-electron chi connectivity index (χ3n) is 5.81. The molecule has 0 fully saturated rings. The van der Waals surface area contributed by atoms with Crippen LogP contribution < -0.4 is 14.2 Å². The lowest BCUT2D eigenvalue weighted by atomic mass is 9.89. The fourth-order valence-electron chi connectivity index (χ4n) is 4.02. The quantitative estimate of drug-likeness (QED) is 0.456. The standard InChI is InChI=1S/C27H32O4/c1-5-26-20(8-9-21(26)18-31-24-12-6-19(2)7-13-24)10-11-23(28)16-22-17-25(29-3)14-15-27(22)30-4/h6-9,12-15,17,26H,5,10-11,16,18H2,1-4H3. The van der Waals surface area contributed by atoms with Crippen molar-refractivity contribution < 1.29 is 19.0 Å². The van der Waals surface area contributed by atoms with Gasteiger partial charge in [0.1, 0.15) is 29.6 Å². The zero-order chi connectivity index (χ0) is 22.2. The highest BCUT2D eigenvalue weighted by molar-refractivity contribution is 5.82. The van der Waals surface area contributed by atoms with Gasteiger partial charge in [-0.3, -0.25) is 4.79 Å². The van der Waals surface area contributed by atoms with E-state index >= 15 is 0 Å². The molecule has 0 amide bonds.